The summed E-state index contributed by atoms with van der Waals surface area (Å²) in [6.45, 7) is 0.692. The molecular weight excluding hydrogens is 388 g/mol. The molecule has 2 aromatic carbocycles. The van der Waals surface area contributed by atoms with Crippen LogP contribution in [0, 0.1) is 0 Å². The summed E-state index contributed by atoms with van der Waals surface area (Å²) in [6, 6.07) is 16.5. The highest BCUT2D eigenvalue weighted by Crippen LogP contribution is 2.34. The third-order valence-corrected chi connectivity index (χ3v) is 5.84. The topological polar surface area (TPSA) is 77.5 Å². The number of hydrogen-bond donors (Lipinski definition) is 3. The maximum absolute atomic E-state index is 11.4. The quantitative estimate of drug-likeness (QED) is 0.496. The zero-order chi connectivity index (χ0) is 21.8. The molecule has 1 aromatic heterocycles. The lowest BCUT2D eigenvalue weighted by molar-refractivity contribution is 0.0698. The molecule has 1 aliphatic rings. The Morgan fingerprint density at radius 2 is 1.90 bits per heavy atom. The maximum Gasteiger partial charge on any atom is 0.337 e. The van der Waals surface area contributed by atoms with Crippen molar-refractivity contribution in [2.45, 2.75) is 25.2 Å². The third-order valence-electron chi connectivity index (χ3n) is 5.84. The molecule has 0 fully saturated rings. The van der Waals surface area contributed by atoms with Crippen LogP contribution < -0.4 is 15.5 Å². The van der Waals surface area contributed by atoms with E-state index in [1.165, 1.54) is 29.1 Å². The second kappa shape index (κ2) is 9.08. The summed E-state index contributed by atoms with van der Waals surface area (Å²) >= 11 is 0. The molecule has 0 aliphatic heterocycles. The molecule has 4 rings (SSSR count). The number of aromatic carboxylic acids is 1. The van der Waals surface area contributed by atoms with Gasteiger partial charge in [-0.15, -0.1) is 0 Å². The third kappa shape index (κ3) is 4.79. The summed E-state index contributed by atoms with van der Waals surface area (Å²) in [5.74, 6) is -0.595. The Kier molecular flexibility index (Phi) is 6.07. The lowest BCUT2D eigenvalue weighted by Gasteiger charge is -2.27. The molecule has 3 N–H and O–H groups in total. The van der Waals surface area contributed by atoms with Gasteiger partial charge >= 0.3 is 5.97 Å². The van der Waals surface area contributed by atoms with E-state index in [-0.39, 0.29) is 5.56 Å². The normalized spacial score (nSPS) is 15.1. The van der Waals surface area contributed by atoms with Crippen molar-refractivity contribution in [1.29, 1.82) is 0 Å². The number of benzene rings is 2. The molecular formula is C25H28N4O2. The van der Waals surface area contributed by atoms with Crippen molar-refractivity contribution in [1.82, 2.24) is 4.98 Å². The number of carboxylic acid groups (broad SMARTS) is 1. The number of anilines is 4. The van der Waals surface area contributed by atoms with Gasteiger partial charge in [-0.05, 0) is 72.9 Å². The minimum Gasteiger partial charge on any atom is -0.478 e. The maximum atomic E-state index is 11.4. The number of aromatic nitrogens is 1. The van der Waals surface area contributed by atoms with Crippen molar-refractivity contribution >= 4 is 28.7 Å². The lowest BCUT2D eigenvalue weighted by Crippen LogP contribution is -2.19. The molecule has 6 nitrogen and oxygen atoms in total. The van der Waals surface area contributed by atoms with Gasteiger partial charge < -0.3 is 20.6 Å². The van der Waals surface area contributed by atoms with E-state index in [4.69, 9.17) is 0 Å². The first-order valence-electron chi connectivity index (χ1n) is 10.6. The Labute approximate surface area is 182 Å². The Balaban J connectivity index is 1.46. The van der Waals surface area contributed by atoms with Gasteiger partial charge in [0.2, 0.25) is 0 Å². The molecule has 0 saturated carbocycles. The minimum atomic E-state index is -0.941. The van der Waals surface area contributed by atoms with Crippen molar-refractivity contribution in [3.63, 3.8) is 0 Å². The molecule has 3 aromatic rings. The van der Waals surface area contributed by atoms with Crippen LogP contribution in [0.3, 0.4) is 0 Å². The summed E-state index contributed by atoms with van der Waals surface area (Å²) in [5.41, 5.74) is 6.85. The summed E-state index contributed by atoms with van der Waals surface area (Å²) in [5, 5.41) is 16.2. The van der Waals surface area contributed by atoms with E-state index >= 15 is 0 Å². The highest BCUT2D eigenvalue weighted by molar-refractivity contribution is 5.93. The van der Waals surface area contributed by atoms with E-state index < -0.39 is 5.97 Å². The molecule has 31 heavy (non-hydrogen) atoms. The van der Waals surface area contributed by atoms with Crippen molar-refractivity contribution in [3.05, 3.63) is 77.6 Å². The Hall–Kier alpha value is -3.54. The van der Waals surface area contributed by atoms with E-state index in [2.05, 4.69) is 63.0 Å². The first-order valence-corrected chi connectivity index (χ1v) is 10.6. The van der Waals surface area contributed by atoms with Gasteiger partial charge in [0.25, 0.3) is 0 Å². The van der Waals surface area contributed by atoms with Gasteiger partial charge in [0, 0.05) is 49.8 Å². The number of rotatable bonds is 7. The number of pyridine rings is 1. The first kappa shape index (κ1) is 20.7. The van der Waals surface area contributed by atoms with Crippen LogP contribution in [0.25, 0.3) is 0 Å². The van der Waals surface area contributed by atoms with Crippen LogP contribution in [0.2, 0.25) is 0 Å². The molecule has 6 heteroatoms. The number of nitrogens with one attached hydrogen (secondary N) is 2. The largest absolute Gasteiger partial charge is 0.478 e. The van der Waals surface area contributed by atoms with Crippen molar-refractivity contribution in [3.8, 4) is 0 Å². The first-order chi connectivity index (χ1) is 15.0. The van der Waals surface area contributed by atoms with Gasteiger partial charge in [0.1, 0.15) is 0 Å². The van der Waals surface area contributed by atoms with E-state index in [0.717, 1.165) is 30.6 Å². The van der Waals surface area contributed by atoms with Gasteiger partial charge in [-0.25, -0.2) is 4.79 Å². The highest BCUT2D eigenvalue weighted by atomic mass is 16.4. The highest BCUT2D eigenvalue weighted by Gasteiger charge is 2.21. The van der Waals surface area contributed by atoms with Crippen LogP contribution >= 0.6 is 0 Å². The zero-order valence-corrected chi connectivity index (χ0v) is 17.9. The van der Waals surface area contributed by atoms with E-state index in [9.17, 15) is 9.90 Å². The Bertz CT molecular complexity index is 1060. The number of fused-ring (bicyclic) bond motifs is 1. The van der Waals surface area contributed by atoms with Crippen molar-refractivity contribution < 1.29 is 9.90 Å². The fourth-order valence-electron chi connectivity index (χ4n) is 4.17. The van der Waals surface area contributed by atoms with Gasteiger partial charge in [0.15, 0.2) is 0 Å². The van der Waals surface area contributed by atoms with E-state index in [1.807, 2.05) is 14.1 Å². The average molecular weight is 417 g/mol. The van der Waals surface area contributed by atoms with Gasteiger partial charge in [-0.2, -0.15) is 0 Å². The number of hydrogen-bond acceptors (Lipinski definition) is 5. The monoisotopic (exact) mass is 416 g/mol. The summed E-state index contributed by atoms with van der Waals surface area (Å²) in [7, 11) is 4.07. The number of nitrogens with zero attached hydrogens (tertiary/aromatic N) is 2. The molecule has 1 aliphatic carbocycles. The number of carbonyl (C=O) groups is 1. The zero-order valence-electron chi connectivity index (χ0n) is 17.9. The standard InChI is InChI=1S/C25H28N4O2/c1-29(2)21-9-6-19(7-10-21)28-20-8-11-22-17(14-20)4-3-5-18(22)15-27-24-16-26-13-12-23(24)25(30)31/h6-14,16,18,27-28H,3-5,15H2,1-2H3,(H,30,31)/t18-/m0/s1. The molecule has 1 atom stereocenters. The van der Waals surface area contributed by atoms with E-state index in [1.54, 1.807) is 6.20 Å². The number of carboxylic acids is 1. The predicted molar refractivity (Wildman–Crippen MR) is 126 cm³/mol. The molecule has 0 spiro atoms. The van der Waals surface area contributed by atoms with Crippen LogP contribution in [-0.2, 0) is 6.42 Å². The van der Waals surface area contributed by atoms with Crippen LogP contribution in [-0.4, -0.2) is 36.7 Å². The molecule has 0 saturated heterocycles. The molecule has 1 heterocycles. The molecule has 0 radical (unpaired) electrons. The fourth-order valence-corrected chi connectivity index (χ4v) is 4.17. The summed E-state index contributed by atoms with van der Waals surface area (Å²) < 4.78 is 0. The van der Waals surface area contributed by atoms with Crippen LogP contribution in [0.15, 0.2) is 60.9 Å². The molecule has 0 unspecified atom stereocenters. The van der Waals surface area contributed by atoms with Gasteiger partial charge in [-0.3, -0.25) is 4.98 Å². The van der Waals surface area contributed by atoms with Crippen molar-refractivity contribution in [2.24, 2.45) is 0 Å². The van der Waals surface area contributed by atoms with Crippen molar-refractivity contribution in [2.75, 3.05) is 36.2 Å². The SMILES string of the molecule is CN(C)c1ccc(Nc2ccc3c(c2)CCC[C@H]3CNc2cnccc2C(=O)O)cc1. The average Bonchev–Trinajstić information content (AvgIpc) is 2.78. The van der Waals surface area contributed by atoms with Gasteiger partial charge in [0.05, 0.1) is 17.4 Å². The lowest BCUT2D eigenvalue weighted by atomic mass is 9.82. The Morgan fingerprint density at radius 3 is 2.65 bits per heavy atom. The van der Waals surface area contributed by atoms with Crippen LogP contribution in [0.1, 0.15) is 40.2 Å². The molecule has 160 valence electrons. The van der Waals surface area contributed by atoms with Crippen LogP contribution in [0.5, 0.6) is 0 Å². The van der Waals surface area contributed by atoms with Crippen LogP contribution in [0.4, 0.5) is 22.7 Å². The van der Waals surface area contributed by atoms with E-state index in [0.29, 0.717) is 18.2 Å². The smallest absolute Gasteiger partial charge is 0.337 e. The van der Waals surface area contributed by atoms with Gasteiger partial charge in [-0.1, -0.05) is 6.07 Å². The molecule has 0 amide bonds. The fraction of sp³-hybridized carbons (Fsp3) is 0.280. The minimum absolute atomic E-state index is 0.255. The molecule has 0 bridgehead atoms. The summed E-state index contributed by atoms with van der Waals surface area (Å²) in [6.07, 6.45) is 6.36. The second-order valence-electron chi connectivity index (χ2n) is 8.18. The predicted octanol–water partition coefficient (Wildman–Crippen LogP) is 5.12. The number of aryl methyl sites for hydroxylation is 1. The Morgan fingerprint density at radius 1 is 1.13 bits per heavy atom. The second-order valence-corrected chi connectivity index (χ2v) is 8.18. The summed E-state index contributed by atoms with van der Waals surface area (Å²) in [4.78, 5) is 17.6.